The maximum absolute atomic E-state index is 12.5. The molecule has 0 bridgehead atoms. The van der Waals surface area contributed by atoms with Crippen LogP contribution in [0.2, 0.25) is 0 Å². The molecule has 466 valence electrons. The number of hydrogen-bond donors (Lipinski definition) is 3. The van der Waals surface area contributed by atoms with Crippen LogP contribution in [-0.2, 0) is 14.3 Å². The zero-order chi connectivity index (χ0) is 57.1. The van der Waals surface area contributed by atoms with Crippen molar-refractivity contribution in [2.45, 2.75) is 405 Å². The molecule has 0 saturated heterocycles. The molecule has 2 unspecified atom stereocenters. The minimum absolute atomic E-state index is 0.00338. The number of unbranched alkanes of at least 4 members (excludes halogenated alkanes) is 52. The highest BCUT2D eigenvalue weighted by Gasteiger charge is 2.18. The Balaban J connectivity index is 3.42. The van der Waals surface area contributed by atoms with Gasteiger partial charge < -0.3 is 20.3 Å². The molecule has 0 aromatic rings. The summed E-state index contributed by atoms with van der Waals surface area (Å²) in [5.41, 5.74) is 0. The van der Waals surface area contributed by atoms with Crippen molar-refractivity contribution in [3.63, 3.8) is 0 Å². The van der Waals surface area contributed by atoms with Gasteiger partial charge in [0.25, 0.3) is 0 Å². The fourth-order valence-electron chi connectivity index (χ4n) is 11.2. The van der Waals surface area contributed by atoms with E-state index < -0.39 is 12.1 Å². The minimum Gasteiger partial charge on any atom is -0.466 e. The number of carbonyl (C=O) groups is 2. The van der Waals surface area contributed by atoms with Gasteiger partial charge in [0.15, 0.2) is 0 Å². The molecule has 0 aromatic carbocycles. The third kappa shape index (κ3) is 65.1. The van der Waals surface area contributed by atoms with Gasteiger partial charge in [0.05, 0.1) is 25.4 Å². The van der Waals surface area contributed by atoms with Crippen LogP contribution in [0, 0.1) is 0 Å². The van der Waals surface area contributed by atoms with Gasteiger partial charge in [-0.3, -0.25) is 9.59 Å². The van der Waals surface area contributed by atoms with Crippen molar-refractivity contribution >= 4 is 11.9 Å². The average molecular weight is 1110 g/mol. The van der Waals surface area contributed by atoms with E-state index in [9.17, 15) is 19.8 Å². The molecule has 0 fully saturated rings. The first-order chi connectivity index (χ1) is 39.0. The molecule has 0 aromatic heterocycles. The molecule has 79 heavy (non-hydrogen) atoms. The van der Waals surface area contributed by atoms with E-state index >= 15 is 0 Å². The van der Waals surface area contributed by atoms with Crippen LogP contribution < -0.4 is 5.32 Å². The van der Waals surface area contributed by atoms with Crippen molar-refractivity contribution in [1.82, 2.24) is 5.32 Å². The zero-order valence-electron chi connectivity index (χ0n) is 53.4. The second kappa shape index (κ2) is 68.6. The molecule has 0 saturated carbocycles. The molecule has 0 rings (SSSR count). The third-order valence-electron chi connectivity index (χ3n) is 16.7. The van der Waals surface area contributed by atoms with Crippen molar-refractivity contribution < 1.29 is 24.5 Å². The van der Waals surface area contributed by atoms with Crippen LogP contribution >= 0.6 is 0 Å². The van der Waals surface area contributed by atoms with Gasteiger partial charge in [0.2, 0.25) is 5.91 Å². The maximum atomic E-state index is 12.5. The van der Waals surface area contributed by atoms with Crippen LogP contribution in [0.1, 0.15) is 393 Å². The van der Waals surface area contributed by atoms with Crippen LogP contribution in [-0.4, -0.2) is 47.4 Å². The highest BCUT2D eigenvalue weighted by atomic mass is 16.5. The van der Waals surface area contributed by atoms with Crippen LogP contribution in [0.15, 0.2) is 36.5 Å². The minimum atomic E-state index is -0.848. The molecule has 3 N–H and O–H groups in total. The molecule has 1 amide bonds. The Kier molecular flexibility index (Phi) is 66.9. The van der Waals surface area contributed by atoms with Gasteiger partial charge in [-0.1, -0.05) is 352 Å². The van der Waals surface area contributed by atoms with Crippen LogP contribution in [0.3, 0.4) is 0 Å². The van der Waals surface area contributed by atoms with Gasteiger partial charge in [0.1, 0.15) is 0 Å². The largest absolute Gasteiger partial charge is 0.466 e. The van der Waals surface area contributed by atoms with E-state index in [0.717, 1.165) is 51.4 Å². The number of amides is 1. The van der Waals surface area contributed by atoms with Gasteiger partial charge in [-0.2, -0.15) is 0 Å². The number of esters is 1. The van der Waals surface area contributed by atoms with Crippen LogP contribution in [0.25, 0.3) is 0 Å². The summed E-state index contributed by atoms with van der Waals surface area (Å²) in [5.74, 6) is -0.0625. The number of ether oxygens (including phenoxy) is 1. The lowest BCUT2D eigenvalue weighted by Gasteiger charge is -2.20. The summed E-state index contributed by atoms with van der Waals surface area (Å²) < 4.78 is 5.50. The Morgan fingerprint density at radius 1 is 0.354 bits per heavy atom. The first-order valence-corrected chi connectivity index (χ1v) is 35.8. The smallest absolute Gasteiger partial charge is 0.305 e. The molecule has 0 aliphatic rings. The Morgan fingerprint density at radius 3 is 0.975 bits per heavy atom. The van der Waals surface area contributed by atoms with Crippen molar-refractivity contribution in [3.05, 3.63) is 36.5 Å². The predicted octanol–water partition coefficient (Wildman–Crippen LogP) is 23.1. The second-order valence-corrected chi connectivity index (χ2v) is 24.6. The SMILES string of the molecule is CCCCCC/C=C\C/C=C\CCCCCCCCCC(=O)OCCCCCCCCCCCCCCCCCCCCCCC(=O)NC(CO)C(O)/C=C/CCCCCCCCCCCCCCCCCCCCCCCC. The number of aliphatic hydroxyl groups is 2. The van der Waals surface area contributed by atoms with Gasteiger partial charge in [-0.15, -0.1) is 0 Å². The summed E-state index contributed by atoms with van der Waals surface area (Å²) in [7, 11) is 0. The van der Waals surface area contributed by atoms with E-state index in [4.69, 9.17) is 4.74 Å². The zero-order valence-corrected chi connectivity index (χ0v) is 53.4. The van der Waals surface area contributed by atoms with Gasteiger partial charge in [0, 0.05) is 12.8 Å². The fraction of sp³-hybridized carbons (Fsp3) is 0.890. The van der Waals surface area contributed by atoms with Crippen molar-refractivity contribution in [2.24, 2.45) is 0 Å². The van der Waals surface area contributed by atoms with E-state index in [1.165, 1.54) is 315 Å². The number of hydrogen-bond acceptors (Lipinski definition) is 5. The quantitative estimate of drug-likeness (QED) is 0.0320. The lowest BCUT2D eigenvalue weighted by atomic mass is 10.0. The van der Waals surface area contributed by atoms with E-state index in [2.05, 4.69) is 43.5 Å². The molecule has 0 spiro atoms. The van der Waals surface area contributed by atoms with E-state index in [1.54, 1.807) is 6.08 Å². The number of allylic oxidation sites excluding steroid dienone is 5. The maximum Gasteiger partial charge on any atom is 0.305 e. The molecule has 6 heteroatoms. The lowest BCUT2D eigenvalue weighted by Crippen LogP contribution is -2.45. The summed E-state index contributed by atoms with van der Waals surface area (Å²) >= 11 is 0. The normalized spacial score (nSPS) is 12.7. The van der Waals surface area contributed by atoms with Crippen molar-refractivity contribution in [1.29, 1.82) is 0 Å². The van der Waals surface area contributed by atoms with E-state index in [1.807, 2.05) is 6.08 Å². The van der Waals surface area contributed by atoms with Crippen LogP contribution in [0.4, 0.5) is 0 Å². The summed E-state index contributed by atoms with van der Waals surface area (Å²) in [4.78, 5) is 24.6. The number of carbonyl (C=O) groups excluding carboxylic acids is 2. The highest BCUT2D eigenvalue weighted by molar-refractivity contribution is 5.76. The van der Waals surface area contributed by atoms with Crippen LogP contribution in [0.5, 0.6) is 0 Å². The lowest BCUT2D eigenvalue weighted by molar-refractivity contribution is -0.143. The Hall–Kier alpha value is -1.92. The van der Waals surface area contributed by atoms with E-state index in [0.29, 0.717) is 19.4 Å². The van der Waals surface area contributed by atoms with Gasteiger partial charge in [-0.05, 0) is 64.2 Å². The van der Waals surface area contributed by atoms with Crippen molar-refractivity contribution in [3.8, 4) is 0 Å². The second-order valence-electron chi connectivity index (χ2n) is 24.6. The highest BCUT2D eigenvalue weighted by Crippen LogP contribution is 2.19. The molecular formula is C73H139NO5. The fourth-order valence-corrected chi connectivity index (χ4v) is 11.2. The summed E-state index contributed by atoms with van der Waals surface area (Å²) in [6.07, 6.45) is 87.9. The Morgan fingerprint density at radius 2 is 0.633 bits per heavy atom. The van der Waals surface area contributed by atoms with Gasteiger partial charge in [-0.25, -0.2) is 0 Å². The number of rotatable bonds is 67. The monoisotopic (exact) mass is 1110 g/mol. The molecule has 0 aliphatic carbocycles. The average Bonchev–Trinajstić information content (AvgIpc) is 3.45. The summed E-state index contributed by atoms with van der Waals surface area (Å²) in [6, 6.07) is -0.631. The molecule has 2 atom stereocenters. The molecule has 6 nitrogen and oxygen atoms in total. The van der Waals surface area contributed by atoms with Crippen molar-refractivity contribution in [2.75, 3.05) is 13.2 Å². The summed E-state index contributed by atoms with van der Waals surface area (Å²) in [5, 5.41) is 23.3. The predicted molar refractivity (Wildman–Crippen MR) is 347 cm³/mol. The molecular weight excluding hydrogens is 971 g/mol. The third-order valence-corrected chi connectivity index (χ3v) is 16.7. The van der Waals surface area contributed by atoms with E-state index in [-0.39, 0.29) is 18.5 Å². The van der Waals surface area contributed by atoms with Gasteiger partial charge >= 0.3 is 5.97 Å². The molecule has 0 heterocycles. The molecule has 0 radical (unpaired) electrons. The molecule has 0 aliphatic heterocycles. The first-order valence-electron chi connectivity index (χ1n) is 35.8. The summed E-state index contributed by atoms with van der Waals surface area (Å²) in [6.45, 7) is 4.92. The topological polar surface area (TPSA) is 95.9 Å². The standard InChI is InChI=1S/C73H139NO5/c1-3-5-7-9-11-13-15-17-19-21-23-24-25-26-27-30-33-37-41-45-49-53-57-61-65-71(76)70(69-75)74-72(77)66-62-58-54-50-46-42-38-34-31-28-29-32-36-40-44-48-52-56-60-64-68-79-73(78)67-63-59-55-51-47-43-39-35-22-20-18-16-14-12-10-8-6-4-2/h14,16,20,22,61,65,70-71,75-76H,3-13,15,17-19,21,23-60,62-64,66-69H2,1-2H3,(H,74,77)/b16-14-,22-20-,65-61+. The Bertz CT molecular complexity index is 1280. The number of aliphatic hydroxyl groups excluding tert-OH is 2. The number of nitrogens with one attached hydrogen (secondary N) is 1. The first kappa shape index (κ1) is 77.1. The Labute approximate surface area is 494 Å².